The van der Waals surface area contributed by atoms with Crippen molar-refractivity contribution in [1.82, 2.24) is 0 Å². The summed E-state index contributed by atoms with van der Waals surface area (Å²) in [5.41, 5.74) is 3.01. The van der Waals surface area contributed by atoms with Gasteiger partial charge in [0.2, 0.25) is 0 Å². The molecule has 1 nitrogen and oxygen atoms in total. The van der Waals surface area contributed by atoms with Gasteiger partial charge in [0.1, 0.15) is 5.75 Å². The van der Waals surface area contributed by atoms with Crippen molar-refractivity contribution in [3.05, 3.63) is 29.3 Å². The first-order chi connectivity index (χ1) is 8.42. The van der Waals surface area contributed by atoms with Crippen molar-refractivity contribution in [2.45, 2.75) is 72.6 Å². The fourth-order valence-corrected chi connectivity index (χ4v) is 2.56. The second kappa shape index (κ2) is 7.45. The summed E-state index contributed by atoms with van der Waals surface area (Å²) in [4.78, 5) is 0. The van der Waals surface area contributed by atoms with Gasteiger partial charge in [-0.25, -0.2) is 0 Å². The Morgan fingerprint density at radius 3 is 2.22 bits per heavy atom. The number of phenolic OH excluding ortho intramolecular Hbond substituents is 1. The summed E-state index contributed by atoms with van der Waals surface area (Å²) in [6.07, 6.45) is 2.44. The SMILES string of the molecule is CC.CC1CC(C)(C)c2ccc(O)cc21.CCC. The molecule has 1 unspecified atom stereocenters. The molecule has 0 aliphatic heterocycles. The lowest BCUT2D eigenvalue weighted by Crippen LogP contribution is -2.11. The van der Waals surface area contributed by atoms with E-state index in [-0.39, 0.29) is 5.41 Å². The van der Waals surface area contributed by atoms with Gasteiger partial charge in [-0.15, -0.1) is 0 Å². The molecular weight excluding hydrogens is 220 g/mol. The van der Waals surface area contributed by atoms with E-state index in [0.29, 0.717) is 11.7 Å². The van der Waals surface area contributed by atoms with Gasteiger partial charge in [0, 0.05) is 0 Å². The van der Waals surface area contributed by atoms with E-state index >= 15 is 0 Å². The quantitative estimate of drug-likeness (QED) is 0.633. The van der Waals surface area contributed by atoms with Crippen LogP contribution in [0, 0.1) is 0 Å². The molecule has 0 saturated heterocycles. The number of fused-ring (bicyclic) bond motifs is 1. The average molecular weight is 250 g/mol. The van der Waals surface area contributed by atoms with Crippen molar-refractivity contribution in [2.24, 2.45) is 0 Å². The highest BCUT2D eigenvalue weighted by Crippen LogP contribution is 2.46. The molecule has 0 amide bonds. The summed E-state index contributed by atoms with van der Waals surface area (Å²) in [5, 5.41) is 9.38. The molecule has 0 bridgehead atoms. The van der Waals surface area contributed by atoms with Crippen LogP contribution in [0.4, 0.5) is 0 Å². The van der Waals surface area contributed by atoms with Crippen LogP contribution < -0.4 is 0 Å². The van der Waals surface area contributed by atoms with Crippen LogP contribution in [0.3, 0.4) is 0 Å². The maximum Gasteiger partial charge on any atom is 0.115 e. The van der Waals surface area contributed by atoms with Crippen LogP contribution >= 0.6 is 0 Å². The first kappa shape index (κ1) is 17.0. The minimum absolute atomic E-state index is 0.280. The number of hydrogen-bond acceptors (Lipinski definition) is 1. The van der Waals surface area contributed by atoms with E-state index in [0.717, 1.165) is 0 Å². The number of hydrogen-bond donors (Lipinski definition) is 1. The number of rotatable bonds is 0. The largest absolute Gasteiger partial charge is 0.508 e. The van der Waals surface area contributed by atoms with E-state index in [4.69, 9.17) is 0 Å². The maximum absolute atomic E-state index is 9.38. The zero-order valence-electron chi connectivity index (χ0n) is 13.2. The highest BCUT2D eigenvalue weighted by molar-refractivity contribution is 5.45. The van der Waals surface area contributed by atoms with E-state index in [2.05, 4.69) is 40.7 Å². The Morgan fingerprint density at radius 2 is 1.72 bits per heavy atom. The summed E-state index contributed by atoms with van der Waals surface area (Å²) in [6, 6.07) is 5.77. The van der Waals surface area contributed by atoms with Gasteiger partial charge >= 0.3 is 0 Å². The van der Waals surface area contributed by atoms with Gasteiger partial charge in [0.15, 0.2) is 0 Å². The Morgan fingerprint density at radius 1 is 1.22 bits per heavy atom. The lowest BCUT2D eigenvalue weighted by Gasteiger charge is -2.18. The predicted octanol–water partition coefficient (Wildman–Crippen LogP) is 5.62. The van der Waals surface area contributed by atoms with Crippen LogP contribution in [0.25, 0.3) is 0 Å². The van der Waals surface area contributed by atoms with Crippen LogP contribution in [0.15, 0.2) is 18.2 Å². The molecule has 1 atom stereocenters. The predicted molar refractivity (Wildman–Crippen MR) is 81.5 cm³/mol. The summed E-state index contributed by atoms with van der Waals surface area (Å²) >= 11 is 0. The minimum Gasteiger partial charge on any atom is -0.508 e. The van der Waals surface area contributed by atoms with E-state index < -0.39 is 0 Å². The van der Waals surface area contributed by atoms with E-state index in [1.165, 1.54) is 24.0 Å². The van der Waals surface area contributed by atoms with E-state index in [1.54, 1.807) is 6.07 Å². The molecular formula is C17H30O. The molecule has 0 spiro atoms. The van der Waals surface area contributed by atoms with Gasteiger partial charge < -0.3 is 5.11 Å². The van der Waals surface area contributed by atoms with Crippen LogP contribution in [-0.2, 0) is 5.41 Å². The smallest absolute Gasteiger partial charge is 0.115 e. The fourth-order valence-electron chi connectivity index (χ4n) is 2.56. The Kier molecular flexibility index (Phi) is 7.05. The zero-order chi connectivity index (χ0) is 14.3. The van der Waals surface area contributed by atoms with E-state index in [9.17, 15) is 5.11 Å². The highest BCUT2D eigenvalue weighted by atomic mass is 16.3. The van der Waals surface area contributed by atoms with Gasteiger partial charge in [0.05, 0.1) is 0 Å². The van der Waals surface area contributed by atoms with Gasteiger partial charge in [-0.2, -0.15) is 0 Å². The van der Waals surface area contributed by atoms with Gasteiger partial charge in [-0.05, 0) is 41.0 Å². The van der Waals surface area contributed by atoms with Crippen molar-refractivity contribution >= 4 is 0 Å². The highest BCUT2D eigenvalue weighted by Gasteiger charge is 2.34. The molecule has 2 rings (SSSR count). The van der Waals surface area contributed by atoms with Gasteiger partial charge in [-0.1, -0.05) is 61.0 Å². The lowest BCUT2D eigenvalue weighted by atomic mass is 9.86. The Bertz CT molecular complexity index is 353. The molecule has 104 valence electrons. The second-order valence-electron chi connectivity index (χ2n) is 5.47. The number of phenols is 1. The molecule has 1 aliphatic rings. The van der Waals surface area contributed by atoms with Crippen molar-refractivity contribution in [2.75, 3.05) is 0 Å². The Balaban J connectivity index is 0.000000509. The number of aromatic hydroxyl groups is 1. The van der Waals surface area contributed by atoms with Crippen LogP contribution in [0.5, 0.6) is 5.75 Å². The third-order valence-corrected chi connectivity index (χ3v) is 3.11. The molecule has 0 radical (unpaired) electrons. The maximum atomic E-state index is 9.38. The average Bonchev–Trinajstić information content (AvgIpc) is 2.53. The first-order valence-corrected chi connectivity index (χ1v) is 7.25. The van der Waals surface area contributed by atoms with Gasteiger partial charge in [0.25, 0.3) is 0 Å². The molecule has 0 saturated carbocycles. The fraction of sp³-hybridized carbons (Fsp3) is 0.647. The normalized spacial score (nSPS) is 18.9. The Hall–Kier alpha value is -0.980. The molecule has 1 aliphatic carbocycles. The van der Waals surface area contributed by atoms with E-state index in [1.807, 2.05) is 19.9 Å². The van der Waals surface area contributed by atoms with Crippen LogP contribution in [0.2, 0.25) is 0 Å². The first-order valence-electron chi connectivity index (χ1n) is 7.25. The second-order valence-corrected chi connectivity index (χ2v) is 5.47. The Labute approximate surface area is 113 Å². The standard InChI is InChI=1S/C12H16O.C3H8.C2H6/c1-8-7-12(2,3)11-5-4-9(13)6-10(8)11;1-3-2;1-2/h4-6,8,13H,7H2,1-3H3;3H2,1-2H3;1-2H3. The van der Waals surface area contributed by atoms with Crippen molar-refractivity contribution < 1.29 is 5.11 Å². The van der Waals surface area contributed by atoms with Crippen LogP contribution in [0.1, 0.15) is 78.4 Å². The molecule has 0 aromatic heterocycles. The zero-order valence-corrected chi connectivity index (χ0v) is 13.2. The van der Waals surface area contributed by atoms with Gasteiger partial charge in [-0.3, -0.25) is 0 Å². The lowest BCUT2D eigenvalue weighted by molar-refractivity contribution is 0.474. The molecule has 0 fully saturated rings. The summed E-state index contributed by atoms with van der Waals surface area (Å²) in [5.74, 6) is 0.973. The topological polar surface area (TPSA) is 20.2 Å². The summed E-state index contributed by atoms with van der Waals surface area (Å²) in [7, 11) is 0. The van der Waals surface area contributed by atoms with Crippen molar-refractivity contribution in [3.8, 4) is 5.75 Å². The monoisotopic (exact) mass is 250 g/mol. The van der Waals surface area contributed by atoms with Crippen molar-refractivity contribution in [1.29, 1.82) is 0 Å². The molecule has 0 heterocycles. The molecule has 18 heavy (non-hydrogen) atoms. The summed E-state index contributed by atoms with van der Waals surface area (Å²) < 4.78 is 0. The molecule has 1 N–H and O–H groups in total. The minimum atomic E-state index is 0.280. The van der Waals surface area contributed by atoms with Crippen molar-refractivity contribution in [3.63, 3.8) is 0 Å². The molecule has 1 aromatic rings. The third kappa shape index (κ3) is 4.04. The summed E-state index contributed by atoms with van der Waals surface area (Å²) in [6.45, 7) is 15.0. The number of benzene rings is 1. The molecule has 1 aromatic carbocycles. The van der Waals surface area contributed by atoms with Crippen LogP contribution in [-0.4, -0.2) is 5.11 Å². The third-order valence-electron chi connectivity index (χ3n) is 3.11. The molecule has 1 heteroatoms.